The monoisotopic (exact) mass is 325 g/mol. The van der Waals surface area contributed by atoms with E-state index in [1.165, 1.54) is 18.2 Å². The smallest absolute Gasteiger partial charge is 0.211 e. The molecule has 1 N–H and O–H groups in total. The van der Waals surface area contributed by atoms with Gasteiger partial charge in [0.1, 0.15) is 11.6 Å². The van der Waals surface area contributed by atoms with Crippen LogP contribution >= 0.6 is 0 Å². The Morgan fingerprint density at radius 2 is 1.59 bits per heavy atom. The second kappa shape index (κ2) is 7.47. The van der Waals surface area contributed by atoms with Gasteiger partial charge in [-0.2, -0.15) is 0 Å². The van der Waals surface area contributed by atoms with Crippen LogP contribution in [0.3, 0.4) is 0 Å². The van der Waals surface area contributed by atoms with Crippen LogP contribution < -0.4 is 4.72 Å². The van der Waals surface area contributed by atoms with Crippen LogP contribution in [0.25, 0.3) is 0 Å². The number of hydrogen-bond acceptors (Lipinski definition) is 2. The molecule has 0 bridgehead atoms. The average molecular weight is 325 g/mol. The van der Waals surface area contributed by atoms with E-state index >= 15 is 0 Å². The molecule has 0 aliphatic rings. The van der Waals surface area contributed by atoms with Crippen molar-refractivity contribution in [1.82, 2.24) is 4.72 Å². The van der Waals surface area contributed by atoms with Crippen molar-refractivity contribution >= 4 is 10.0 Å². The summed E-state index contributed by atoms with van der Waals surface area (Å²) in [6, 6.07) is 12.0. The Labute approximate surface area is 129 Å². The Hall–Kier alpha value is -1.79. The highest BCUT2D eigenvalue weighted by Crippen LogP contribution is 2.08. The van der Waals surface area contributed by atoms with Crippen molar-refractivity contribution in [2.24, 2.45) is 0 Å². The third-order valence-corrected chi connectivity index (χ3v) is 4.63. The molecule has 2 rings (SSSR count). The van der Waals surface area contributed by atoms with Gasteiger partial charge < -0.3 is 0 Å². The van der Waals surface area contributed by atoms with Crippen molar-refractivity contribution in [3.05, 3.63) is 71.3 Å². The lowest BCUT2D eigenvalue weighted by Gasteiger charge is -2.07. The van der Waals surface area contributed by atoms with Crippen molar-refractivity contribution in [2.75, 3.05) is 12.3 Å². The number of aryl methyl sites for hydroxylation is 1. The summed E-state index contributed by atoms with van der Waals surface area (Å²) >= 11 is 0. The fourth-order valence-corrected chi connectivity index (χ4v) is 3.07. The molecule has 0 amide bonds. The highest BCUT2D eigenvalue weighted by molar-refractivity contribution is 7.89. The third-order valence-electron chi connectivity index (χ3n) is 3.25. The molecule has 0 unspecified atom stereocenters. The topological polar surface area (TPSA) is 46.2 Å². The molecule has 6 heteroatoms. The minimum atomic E-state index is -3.47. The molecule has 0 aliphatic carbocycles. The number of hydrogen-bond donors (Lipinski definition) is 1. The molecule has 0 atom stereocenters. The van der Waals surface area contributed by atoms with Gasteiger partial charge in [0.2, 0.25) is 10.0 Å². The van der Waals surface area contributed by atoms with Gasteiger partial charge in [0.15, 0.2) is 0 Å². The van der Waals surface area contributed by atoms with Crippen molar-refractivity contribution in [3.63, 3.8) is 0 Å². The first-order valence-corrected chi connectivity index (χ1v) is 8.57. The first-order chi connectivity index (χ1) is 10.5. The normalized spacial score (nSPS) is 11.5. The number of rotatable bonds is 7. The molecule has 3 nitrogen and oxygen atoms in total. The first-order valence-electron chi connectivity index (χ1n) is 6.91. The van der Waals surface area contributed by atoms with E-state index in [9.17, 15) is 17.2 Å². The van der Waals surface area contributed by atoms with E-state index in [4.69, 9.17) is 0 Å². The minimum absolute atomic E-state index is 0.124. The number of benzene rings is 2. The first kappa shape index (κ1) is 16.6. The number of halogens is 2. The predicted octanol–water partition coefficient (Wildman–Crippen LogP) is 2.67. The van der Waals surface area contributed by atoms with E-state index in [2.05, 4.69) is 4.72 Å². The summed E-state index contributed by atoms with van der Waals surface area (Å²) in [5.74, 6) is -0.893. The molecule has 0 saturated heterocycles. The van der Waals surface area contributed by atoms with Crippen molar-refractivity contribution in [1.29, 1.82) is 0 Å². The van der Waals surface area contributed by atoms with E-state index < -0.39 is 15.8 Å². The average Bonchev–Trinajstić information content (AvgIpc) is 2.48. The van der Waals surface area contributed by atoms with Gasteiger partial charge in [-0.3, -0.25) is 0 Å². The lowest BCUT2D eigenvalue weighted by Crippen LogP contribution is -2.29. The minimum Gasteiger partial charge on any atom is -0.215 e. The molecule has 0 aromatic heterocycles. The molecule has 0 spiro atoms. The van der Waals surface area contributed by atoms with E-state index in [1.54, 1.807) is 30.3 Å². The van der Waals surface area contributed by atoms with E-state index in [-0.39, 0.29) is 24.5 Å². The SMILES string of the molecule is O=S(=O)(CCc1ccccc1F)NCCc1ccc(F)cc1. The molecule has 0 aliphatic heterocycles. The Morgan fingerprint density at radius 3 is 2.27 bits per heavy atom. The molecule has 0 fully saturated rings. The van der Waals surface area contributed by atoms with Gasteiger partial charge in [-0.1, -0.05) is 30.3 Å². The molecule has 2 aromatic rings. The van der Waals surface area contributed by atoms with Gasteiger partial charge in [-0.25, -0.2) is 21.9 Å². The summed E-state index contributed by atoms with van der Waals surface area (Å²) < 4.78 is 52.4. The lowest BCUT2D eigenvalue weighted by atomic mass is 10.1. The maximum absolute atomic E-state index is 13.4. The molecular weight excluding hydrogens is 308 g/mol. The molecule has 0 saturated carbocycles. The summed E-state index contributed by atoms with van der Waals surface area (Å²) in [6.07, 6.45) is 0.595. The fourth-order valence-electron chi connectivity index (χ4n) is 2.02. The Kier molecular flexibility index (Phi) is 5.63. The highest BCUT2D eigenvalue weighted by atomic mass is 32.2. The zero-order valence-electron chi connectivity index (χ0n) is 11.9. The van der Waals surface area contributed by atoms with Gasteiger partial charge in [0.05, 0.1) is 5.75 Å². The van der Waals surface area contributed by atoms with Crippen molar-refractivity contribution in [2.45, 2.75) is 12.8 Å². The van der Waals surface area contributed by atoms with Gasteiger partial charge in [-0.05, 0) is 42.2 Å². The van der Waals surface area contributed by atoms with Crippen LogP contribution in [0, 0.1) is 11.6 Å². The van der Waals surface area contributed by atoms with Gasteiger partial charge in [-0.15, -0.1) is 0 Å². The van der Waals surface area contributed by atoms with E-state index in [1.807, 2.05) is 0 Å². The van der Waals surface area contributed by atoms with Gasteiger partial charge in [0.25, 0.3) is 0 Å². The standard InChI is InChI=1S/C16H17F2NO2S/c17-15-7-5-13(6-8-15)9-11-19-22(20,21)12-10-14-3-1-2-4-16(14)18/h1-8,19H,9-12H2. The van der Waals surface area contributed by atoms with Gasteiger partial charge in [0, 0.05) is 6.54 Å². The Morgan fingerprint density at radius 1 is 0.909 bits per heavy atom. The molecular formula is C16H17F2NO2S. The number of nitrogens with one attached hydrogen (secondary N) is 1. The lowest BCUT2D eigenvalue weighted by molar-refractivity contribution is 0.578. The fraction of sp³-hybridized carbons (Fsp3) is 0.250. The molecule has 0 heterocycles. The summed E-state index contributed by atoms with van der Waals surface area (Å²) in [7, 11) is -3.47. The number of sulfonamides is 1. The van der Waals surface area contributed by atoms with Crippen LogP contribution in [0.4, 0.5) is 8.78 Å². The van der Waals surface area contributed by atoms with Crippen LogP contribution in [0.15, 0.2) is 48.5 Å². The second-order valence-corrected chi connectivity index (χ2v) is 6.86. The summed E-state index contributed by atoms with van der Waals surface area (Å²) in [4.78, 5) is 0. The van der Waals surface area contributed by atoms with Crippen LogP contribution in [-0.2, 0) is 22.9 Å². The summed E-state index contributed by atoms with van der Waals surface area (Å²) in [5, 5.41) is 0. The van der Waals surface area contributed by atoms with Crippen LogP contribution in [0.1, 0.15) is 11.1 Å². The summed E-state index contributed by atoms with van der Waals surface area (Å²) in [5.41, 5.74) is 1.23. The molecule has 0 radical (unpaired) electrons. The zero-order chi connectivity index (χ0) is 16.0. The van der Waals surface area contributed by atoms with Crippen LogP contribution in [0.2, 0.25) is 0 Å². The van der Waals surface area contributed by atoms with Crippen LogP contribution in [0.5, 0.6) is 0 Å². The van der Waals surface area contributed by atoms with Crippen molar-refractivity contribution < 1.29 is 17.2 Å². The zero-order valence-corrected chi connectivity index (χ0v) is 12.7. The molecule has 22 heavy (non-hydrogen) atoms. The maximum Gasteiger partial charge on any atom is 0.211 e. The largest absolute Gasteiger partial charge is 0.215 e. The summed E-state index contributed by atoms with van der Waals surface area (Å²) in [6.45, 7) is 0.227. The highest BCUT2D eigenvalue weighted by Gasteiger charge is 2.11. The third kappa shape index (κ3) is 5.20. The van der Waals surface area contributed by atoms with E-state index in [0.717, 1.165) is 5.56 Å². The Bertz CT molecular complexity index is 715. The molecule has 2 aromatic carbocycles. The second-order valence-electron chi connectivity index (χ2n) is 4.93. The Balaban J connectivity index is 1.81. The van der Waals surface area contributed by atoms with Crippen LogP contribution in [-0.4, -0.2) is 20.7 Å². The van der Waals surface area contributed by atoms with E-state index in [0.29, 0.717) is 12.0 Å². The van der Waals surface area contributed by atoms with Gasteiger partial charge >= 0.3 is 0 Å². The quantitative estimate of drug-likeness (QED) is 0.851. The predicted molar refractivity (Wildman–Crippen MR) is 82.0 cm³/mol. The maximum atomic E-state index is 13.4. The molecule has 118 valence electrons. The van der Waals surface area contributed by atoms with Crippen molar-refractivity contribution in [3.8, 4) is 0 Å².